The maximum atomic E-state index is 12.8. The zero-order chi connectivity index (χ0) is 23.4. The number of aromatic nitrogens is 2. The summed E-state index contributed by atoms with van der Waals surface area (Å²) in [6.07, 6.45) is 5.38. The SMILES string of the molecule is CNC1CCN(C2=CC(=O)C(=Nc3ncnc4cc(CCCOC)c(OC)cc34)CC2=O)C1. The lowest BCUT2D eigenvalue weighted by Gasteiger charge is -2.23. The van der Waals surface area contributed by atoms with Crippen LogP contribution in [0.15, 0.2) is 35.2 Å². The first-order chi connectivity index (χ1) is 16.0. The lowest BCUT2D eigenvalue weighted by atomic mass is 9.99. The summed E-state index contributed by atoms with van der Waals surface area (Å²) >= 11 is 0. The number of likely N-dealkylation sites (tertiary alicyclic amines) is 1. The van der Waals surface area contributed by atoms with Gasteiger partial charge < -0.3 is 19.7 Å². The molecule has 174 valence electrons. The average molecular weight is 452 g/mol. The molecule has 0 spiro atoms. The number of rotatable bonds is 8. The summed E-state index contributed by atoms with van der Waals surface area (Å²) in [5, 5.41) is 3.90. The maximum absolute atomic E-state index is 12.8. The summed E-state index contributed by atoms with van der Waals surface area (Å²) < 4.78 is 10.7. The van der Waals surface area contributed by atoms with Crippen molar-refractivity contribution in [2.24, 2.45) is 4.99 Å². The summed E-state index contributed by atoms with van der Waals surface area (Å²) in [7, 11) is 5.20. The number of likely N-dealkylation sites (N-methyl/N-ethyl adjacent to an activating group) is 1. The van der Waals surface area contributed by atoms with Gasteiger partial charge in [0.05, 0.1) is 30.5 Å². The second-order valence-corrected chi connectivity index (χ2v) is 8.25. The van der Waals surface area contributed by atoms with Gasteiger partial charge >= 0.3 is 0 Å². The van der Waals surface area contributed by atoms with Gasteiger partial charge in [-0.1, -0.05) is 0 Å². The lowest BCUT2D eigenvalue weighted by molar-refractivity contribution is -0.118. The van der Waals surface area contributed by atoms with Crippen LogP contribution in [0.4, 0.5) is 5.82 Å². The van der Waals surface area contributed by atoms with E-state index in [2.05, 4.69) is 20.3 Å². The molecule has 9 nitrogen and oxygen atoms in total. The fourth-order valence-corrected chi connectivity index (χ4v) is 4.32. The van der Waals surface area contributed by atoms with E-state index in [1.54, 1.807) is 14.2 Å². The van der Waals surface area contributed by atoms with E-state index < -0.39 is 0 Å². The zero-order valence-corrected chi connectivity index (χ0v) is 19.3. The average Bonchev–Trinajstić information content (AvgIpc) is 3.30. The Kier molecular flexibility index (Phi) is 7.10. The highest BCUT2D eigenvalue weighted by Crippen LogP contribution is 2.31. The smallest absolute Gasteiger partial charge is 0.202 e. The quantitative estimate of drug-likeness (QED) is 0.608. The molecule has 1 saturated heterocycles. The molecule has 9 heteroatoms. The molecule has 1 aromatic heterocycles. The van der Waals surface area contributed by atoms with Crippen molar-refractivity contribution in [2.45, 2.75) is 31.7 Å². The topological polar surface area (TPSA) is 106 Å². The van der Waals surface area contributed by atoms with Gasteiger partial charge in [-0.05, 0) is 44.0 Å². The van der Waals surface area contributed by atoms with E-state index in [1.165, 1.54) is 12.4 Å². The number of aryl methyl sites for hydroxylation is 1. The van der Waals surface area contributed by atoms with Crippen LogP contribution >= 0.6 is 0 Å². The Labute approximate surface area is 192 Å². The van der Waals surface area contributed by atoms with Gasteiger partial charge in [-0.25, -0.2) is 15.0 Å². The minimum atomic E-state index is -0.257. The van der Waals surface area contributed by atoms with E-state index in [-0.39, 0.29) is 23.7 Å². The first-order valence-corrected chi connectivity index (χ1v) is 11.1. The number of hydrogen-bond donors (Lipinski definition) is 1. The van der Waals surface area contributed by atoms with E-state index in [0.29, 0.717) is 40.8 Å². The summed E-state index contributed by atoms with van der Waals surface area (Å²) in [5.74, 6) is 0.705. The predicted molar refractivity (Wildman–Crippen MR) is 125 cm³/mol. The van der Waals surface area contributed by atoms with Crippen LogP contribution in [0, 0.1) is 0 Å². The van der Waals surface area contributed by atoms with E-state index in [9.17, 15) is 9.59 Å². The number of Topliss-reactive ketones (excluding diaryl/α,β-unsaturated/α-hetero) is 1. The second-order valence-electron chi connectivity index (χ2n) is 8.25. The third-order valence-electron chi connectivity index (χ3n) is 6.16. The van der Waals surface area contributed by atoms with Crippen molar-refractivity contribution in [3.05, 3.63) is 35.8 Å². The van der Waals surface area contributed by atoms with E-state index in [1.807, 2.05) is 24.1 Å². The summed E-state index contributed by atoms with van der Waals surface area (Å²) in [6.45, 7) is 2.13. The molecular weight excluding hydrogens is 422 g/mol. The van der Waals surface area contributed by atoms with E-state index in [0.717, 1.165) is 37.9 Å². The first-order valence-electron chi connectivity index (χ1n) is 11.1. The lowest BCUT2D eigenvalue weighted by Crippen LogP contribution is -2.35. The minimum absolute atomic E-state index is 0.0386. The van der Waals surface area contributed by atoms with Crippen molar-refractivity contribution < 1.29 is 19.1 Å². The molecule has 1 aliphatic carbocycles. The number of nitrogens with zero attached hydrogens (tertiary/aromatic N) is 4. The number of carbonyl (C=O) groups excluding carboxylic acids is 2. The van der Waals surface area contributed by atoms with Crippen LogP contribution < -0.4 is 10.1 Å². The molecule has 2 aliphatic rings. The van der Waals surface area contributed by atoms with Crippen LogP contribution in [0.3, 0.4) is 0 Å². The molecule has 0 bridgehead atoms. The third-order valence-corrected chi connectivity index (χ3v) is 6.16. The van der Waals surface area contributed by atoms with Crippen LogP contribution in [0.25, 0.3) is 10.9 Å². The molecule has 0 amide bonds. The highest BCUT2D eigenvalue weighted by atomic mass is 16.5. The van der Waals surface area contributed by atoms with Crippen molar-refractivity contribution in [1.82, 2.24) is 20.2 Å². The molecule has 33 heavy (non-hydrogen) atoms. The highest BCUT2D eigenvalue weighted by molar-refractivity contribution is 6.50. The molecule has 0 radical (unpaired) electrons. The number of carbonyl (C=O) groups is 2. The molecule has 4 rings (SSSR count). The molecule has 1 atom stereocenters. The molecular formula is C24H29N5O4. The molecule has 0 saturated carbocycles. The van der Waals surface area contributed by atoms with Crippen molar-refractivity contribution in [3.8, 4) is 5.75 Å². The van der Waals surface area contributed by atoms with Crippen LogP contribution in [-0.2, 0) is 20.7 Å². The molecule has 1 aromatic carbocycles. The van der Waals surface area contributed by atoms with Gasteiger partial charge in [0, 0.05) is 44.3 Å². The first kappa shape index (κ1) is 23.0. The van der Waals surface area contributed by atoms with Gasteiger partial charge in [0.15, 0.2) is 11.6 Å². The fourth-order valence-electron chi connectivity index (χ4n) is 4.32. The number of ketones is 2. The molecule has 1 fully saturated rings. The van der Waals surface area contributed by atoms with Crippen molar-refractivity contribution in [3.63, 3.8) is 0 Å². The largest absolute Gasteiger partial charge is 0.496 e. The Bertz CT molecular complexity index is 1130. The molecule has 1 aliphatic heterocycles. The Balaban J connectivity index is 1.63. The van der Waals surface area contributed by atoms with Crippen molar-refractivity contribution in [2.75, 3.05) is 41.0 Å². The minimum Gasteiger partial charge on any atom is -0.496 e. The number of aliphatic imine (C=N–C) groups is 1. The number of allylic oxidation sites excluding steroid dienone is 2. The Hall–Kier alpha value is -3.17. The molecule has 2 heterocycles. The Morgan fingerprint density at radius 3 is 2.82 bits per heavy atom. The molecule has 1 unspecified atom stereocenters. The fraction of sp³-hybridized carbons (Fsp3) is 0.458. The standard InChI is InChI=1S/C24H29N5O4/c1-25-16-6-7-29(13-16)20-12-21(30)19(11-22(20)31)28-24-17-10-23(33-3)15(5-4-8-32-2)9-18(17)26-14-27-24/h9-10,12,14,16,25H,4-8,11,13H2,1-3H3. The maximum Gasteiger partial charge on any atom is 0.202 e. The van der Waals surface area contributed by atoms with Gasteiger partial charge in [0.1, 0.15) is 12.1 Å². The monoisotopic (exact) mass is 451 g/mol. The van der Waals surface area contributed by atoms with Gasteiger partial charge in [-0.15, -0.1) is 0 Å². The van der Waals surface area contributed by atoms with E-state index >= 15 is 0 Å². The second kappa shape index (κ2) is 10.2. The van der Waals surface area contributed by atoms with Gasteiger partial charge in [-0.2, -0.15) is 0 Å². The number of ether oxygens (including phenoxy) is 2. The Morgan fingerprint density at radius 2 is 2.09 bits per heavy atom. The summed E-state index contributed by atoms with van der Waals surface area (Å²) in [4.78, 5) is 40.8. The number of nitrogens with one attached hydrogen (secondary N) is 1. The Morgan fingerprint density at radius 1 is 1.24 bits per heavy atom. The zero-order valence-electron chi connectivity index (χ0n) is 19.3. The van der Waals surface area contributed by atoms with Gasteiger partial charge in [-0.3, -0.25) is 9.59 Å². The number of methoxy groups -OCH3 is 2. The normalized spacial score (nSPS) is 20.1. The van der Waals surface area contributed by atoms with Crippen molar-refractivity contribution in [1.29, 1.82) is 0 Å². The van der Waals surface area contributed by atoms with E-state index in [4.69, 9.17) is 9.47 Å². The van der Waals surface area contributed by atoms with Crippen LogP contribution in [-0.4, -0.2) is 79.2 Å². The van der Waals surface area contributed by atoms with Crippen LogP contribution in [0.5, 0.6) is 5.75 Å². The van der Waals surface area contributed by atoms with Crippen LogP contribution in [0.1, 0.15) is 24.8 Å². The highest BCUT2D eigenvalue weighted by Gasteiger charge is 2.32. The van der Waals surface area contributed by atoms with Gasteiger partial charge in [0.2, 0.25) is 5.78 Å². The number of hydrogen-bond acceptors (Lipinski definition) is 9. The number of fused-ring (bicyclic) bond motifs is 1. The van der Waals surface area contributed by atoms with Gasteiger partial charge in [0.25, 0.3) is 0 Å². The van der Waals surface area contributed by atoms with Crippen molar-refractivity contribution >= 4 is 34.0 Å². The summed E-state index contributed by atoms with van der Waals surface area (Å²) in [5.41, 5.74) is 2.39. The molecule has 2 aromatic rings. The number of benzene rings is 1. The third kappa shape index (κ3) is 4.94. The predicted octanol–water partition coefficient (Wildman–Crippen LogP) is 2.01. The summed E-state index contributed by atoms with van der Waals surface area (Å²) in [6, 6.07) is 4.12. The molecule has 1 N–H and O–H groups in total. The van der Waals surface area contributed by atoms with Crippen LogP contribution in [0.2, 0.25) is 0 Å².